The number of benzene rings is 1. The monoisotopic (exact) mass is 498 g/mol. The smallest absolute Gasteiger partial charge is 0.364 e. The molecule has 0 saturated heterocycles. The van der Waals surface area contributed by atoms with Crippen LogP contribution in [0.15, 0.2) is 24.5 Å². The van der Waals surface area contributed by atoms with Crippen LogP contribution in [0.3, 0.4) is 0 Å². The maximum atomic E-state index is 13.2. The standard InChI is InChI=1S/C30H46N2O4/c1-5-7-9-11-13-15-17-24-21-26(29(33)34)27(22-25(24)18-16-14-12-10-8-6-2)30(35)36-32-20-19-31-28(32)23(3)4/h19-23H,5-18H2,1-4H3,(H,33,34). The van der Waals surface area contributed by atoms with Crippen LogP contribution in [0.4, 0.5) is 0 Å². The fourth-order valence-corrected chi connectivity index (χ4v) is 4.61. The number of carbonyl (C=O) groups is 2. The van der Waals surface area contributed by atoms with Crippen LogP contribution in [0.5, 0.6) is 0 Å². The van der Waals surface area contributed by atoms with Gasteiger partial charge in [-0.2, -0.15) is 4.73 Å². The Hall–Kier alpha value is -2.63. The first kappa shape index (κ1) is 29.6. The van der Waals surface area contributed by atoms with Crippen LogP contribution in [-0.4, -0.2) is 26.8 Å². The molecule has 0 amide bonds. The predicted octanol–water partition coefficient (Wildman–Crippen LogP) is 7.78. The first-order valence-corrected chi connectivity index (χ1v) is 14.0. The van der Waals surface area contributed by atoms with Crippen molar-refractivity contribution >= 4 is 11.9 Å². The lowest BCUT2D eigenvalue weighted by Gasteiger charge is -2.16. The van der Waals surface area contributed by atoms with Crippen molar-refractivity contribution in [3.05, 3.63) is 52.6 Å². The molecule has 0 aliphatic rings. The molecule has 6 nitrogen and oxygen atoms in total. The van der Waals surface area contributed by atoms with Crippen LogP contribution in [0, 0.1) is 0 Å². The summed E-state index contributed by atoms with van der Waals surface area (Å²) in [7, 11) is 0. The zero-order chi connectivity index (χ0) is 26.3. The van der Waals surface area contributed by atoms with Crippen molar-refractivity contribution in [3.63, 3.8) is 0 Å². The van der Waals surface area contributed by atoms with E-state index in [0.717, 1.165) is 49.7 Å². The van der Waals surface area contributed by atoms with Crippen molar-refractivity contribution in [3.8, 4) is 0 Å². The topological polar surface area (TPSA) is 81.4 Å². The molecule has 0 saturated carbocycles. The summed E-state index contributed by atoms with van der Waals surface area (Å²) in [4.78, 5) is 35.1. The maximum absolute atomic E-state index is 13.2. The van der Waals surface area contributed by atoms with Gasteiger partial charge in [0.1, 0.15) is 5.82 Å². The van der Waals surface area contributed by atoms with E-state index in [2.05, 4.69) is 18.8 Å². The third-order valence-electron chi connectivity index (χ3n) is 6.72. The highest BCUT2D eigenvalue weighted by Gasteiger charge is 2.23. The molecule has 1 aromatic heterocycles. The molecular weight excluding hydrogens is 452 g/mol. The quantitative estimate of drug-likeness (QED) is 0.212. The first-order valence-electron chi connectivity index (χ1n) is 14.0. The van der Waals surface area contributed by atoms with Gasteiger partial charge in [0.05, 0.1) is 17.3 Å². The van der Waals surface area contributed by atoms with E-state index in [1.165, 1.54) is 56.1 Å². The largest absolute Gasteiger partial charge is 0.478 e. The van der Waals surface area contributed by atoms with Crippen molar-refractivity contribution in [1.82, 2.24) is 9.71 Å². The number of hydrogen-bond acceptors (Lipinski definition) is 4. The number of aryl methyl sites for hydroxylation is 2. The Labute approximate surface area is 217 Å². The maximum Gasteiger partial charge on any atom is 0.364 e. The highest BCUT2D eigenvalue weighted by Crippen LogP contribution is 2.24. The molecular formula is C30H46N2O4. The molecule has 2 aromatic rings. The number of nitrogens with zero attached hydrogens (tertiary/aromatic N) is 2. The van der Waals surface area contributed by atoms with E-state index < -0.39 is 11.9 Å². The van der Waals surface area contributed by atoms with Crippen molar-refractivity contribution in [1.29, 1.82) is 0 Å². The Balaban J connectivity index is 2.24. The minimum Gasteiger partial charge on any atom is -0.478 e. The molecule has 2 rings (SSSR count). The van der Waals surface area contributed by atoms with Gasteiger partial charge >= 0.3 is 11.9 Å². The molecule has 0 bridgehead atoms. The molecule has 0 unspecified atom stereocenters. The van der Waals surface area contributed by atoms with Crippen molar-refractivity contribution in [2.45, 2.75) is 124 Å². The number of aromatic nitrogens is 2. The lowest BCUT2D eigenvalue weighted by molar-refractivity contribution is 0.0434. The van der Waals surface area contributed by atoms with Crippen LogP contribution in [0.2, 0.25) is 0 Å². The Kier molecular flexibility index (Phi) is 13.3. The van der Waals surface area contributed by atoms with E-state index in [1.54, 1.807) is 24.5 Å². The third-order valence-corrected chi connectivity index (χ3v) is 6.72. The van der Waals surface area contributed by atoms with Crippen LogP contribution in [0.25, 0.3) is 0 Å². The summed E-state index contributed by atoms with van der Waals surface area (Å²) in [6, 6.07) is 3.49. The highest BCUT2D eigenvalue weighted by molar-refractivity contribution is 6.03. The van der Waals surface area contributed by atoms with E-state index in [9.17, 15) is 14.7 Å². The summed E-state index contributed by atoms with van der Waals surface area (Å²) in [5, 5.41) is 9.94. The summed E-state index contributed by atoms with van der Waals surface area (Å²) in [5.74, 6) is -1.09. The summed E-state index contributed by atoms with van der Waals surface area (Å²) < 4.78 is 1.34. The van der Waals surface area contributed by atoms with E-state index in [1.807, 2.05) is 13.8 Å². The van der Waals surface area contributed by atoms with Crippen molar-refractivity contribution < 1.29 is 19.5 Å². The van der Waals surface area contributed by atoms with Gasteiger partial charge in [0.2, 0.25) is 0 Å². The van der Waals surface area contributed by atoms with Gasteiger partial charge in [-0.15, -0.1) is 0 Å². The number of rotatable bonds is 18. The summed E-state index contributed by atoms with van der Waals surface area (Å²) >= 11 is 0. The average Bonchev–Trinajstić information content (AvgIpc) is 3.32. The van der Waals surface area contributed by atoms with Crippen molar-refractivity contribution in [2.24, 2.45) is 0 Å². The van der Waals surface area contributed by atoms with Gasteiger partial charge in [0, 0.05) is 12.1 Å². The normalized spacial score (nSPS) is 11.2. The second-order valence-corrected chi connectivity index (χ2v) is 10.2. The fraction of sp³-hybridized carbons (Fsp3) is 0.633. The number of hydrogen-bond donors (Lipinski definition) is 1. The van der Waals surface area contributed by atoms with Gasteiger partial charge < -0.3 is 9.94 Å². The average molecular weight is 499 g/mol. The van der Waals surface area contributed by atoms with Crippen LogP contribution < -0.4 is 4.84 Å². The summed E-state index contributed by atoms with van der Waals surface area (Å²) in [6.07, 6.45) is 19.1. The van der Waals surface area contributed by atoms with Crippen molar-refractivity contribution in [2.75, 3.05) is 0 Å². The third kappa shape index (κ3) is 9.44. The molecule has 1 heterocycles. The second-order valence-electron chi connectivity index (χ2n) is 10.2. The van der Waals surface area contributed by atoms with Gasteiger partial charge in [-0.25, -0.2) is 14.6 Å². The van der Waals surface area contributed by atoms with Gasteiger partial charge in [-0.1, -0.05) is 91.9 Å². The number of unbranched alkanes of at least 4 members (excludes halogenated alkanes) is 10. The zero-order valence-electron chi connectivity index (χ0n) is 22.9. The molecule has 200 valence electrons. The number of carboxylic acids is 1. The lowest BCUT2D eigenvalue weighted by atomic mass is 9.91. The molecule has 0 aliphatic heterocycles. The second kappa shape index (κ2) is 16.2. The van der Waals surface area contributed by atoms with E-state index >= 15 is 0 Å². The van der Waals surface area contributed by atoms with Crippen LogP contribution >= 0.6 is 0 Å². The minimum absolute atomic E-state index is 0.0129. The van der Waals surface area contributed by atoms with E-state index in [4.69, 9.17) is 4.84 Å². The molecule has 0 atom stereocenters. The van der Waals surface area contributed by atoms with Crippen LogP contribution in [-0.2, 0) is 12.8 Å². The number of imidazole rings is 1. The minimum atomic E-state index is -1.10. The number of aromatic carboxylic acids is 1. The predicted molar refractivity (Wildman–Crippen MR) is 145 cm³/mol. The van der Waals surface area contributed by atoms with Crippen LogP contribution in [0.1, 0.15) is 148 Å². The van der Waals surface area contributed by atoms with Gasteiger partial charge in [0.15, 0.2) is 0 Å². The molecule has 0 aliphatic carbocycles. The SMILES string of the molecule is CCCCCCCCc1cc(C(=O)O)c(C(=O)On2ccnc2C(C)C)cc1CCCCCCCC. The Bertz CT molecular complexity index is 948. The molecule has 1 N–H and O–H groups in total. The van der Waals surface area contributed by atoms with Gasteiger partial charge in [-0.05, 0) is 48.9 Å². The lowest BCUT2D eigenvalue weighted by Crippen LogP contribution is -2.24. The fourth-order valence-electron chi connectivity index (χ4n) is 4.61. The zero-order valence-corrected chi connectivity index (χ0v) is 22.9. The number of carbonyl (C=O) groups excluding carboxylic acids is 1. The van der Waals surface area contributed by atoms with E-state index in [-0.39, 0.29) is 17.0 Å². The molecule has 1 aromatic carbocycles. The van der Waals surface area contributed by atoms with E-state index in [0.29, 0.717) is 5.82 Å². The molecule has 0 spiro atoms. The van der Waals surface area contributed by atoms with Gasteiger partial charge in [0.25, 0.3) is 0 Å². The Morgan fingerprint density at radius 3 is 1.83 bits per heavy atom. The first-order chi connectivity index (χ1) is 17.4. The molecule has 0 fully saturated rings. The summed E-state index contributed by atoms with van der Waals surface area (Å²) in [5.41, 5.74) is 2.25. The van der Waals surface area contributed by atoms with Gasteiger partial charge in [-0.3, -0.25) is 0 Å². The Morgan fingerprint density at radius 1 is 0.833 bits per heavy atom. The molecule has 6 heteroatoms. The molecule has 36 heavy (non-hydrogen) atoms. The summed E-state index contributed by atoms with van der Waals surface area (Å²) in [6.45, 7) is 8.36. The Morgan fingerprint density at radius 2 is 1.33 bits per heavy atom. The number of carboxylic acid groups (broad SMARTS) is 1. The molecule has 0 radical (unpaired) electrons. The highest BCUT2D eigenvalue weighted by atomic mass is 16.7.